The van der Waals surface area contributed by atoms with Gasteiger partial charge in [-0.15, -0.1) is 21.5 Å². The fraction of sp³-hybridized carbons (Fsp3) is 0.167. The first-order valence-corrected chi connectivity index (χ1v) is 8.64. The Morgan fingerprint density at radius 1 is 1.26 bits per heavy atom. The Morgan fingerprint density at radius 3 is 2.78 bits per heavy atom. The molecule has 0 N–H and O–H groups in total. The summed E-state index contributed by atoms with van der Waals surface area (Å²) in [4.78, 5) is 12.7. The van der Waals surface area contributed by atoms with E-state index < -0.39 is 23.8 Å². The monoisotopic (exact) mass is 394 g/mol. The van der Waals surface area contributed by atoms with E-state index in [-0.39, 0.29) is 11.5 Å². The van der Waals surface area contributed by atoms with Crippen molar-refractivity contribution >= 4 is 23.4 Å². The van der Waals surface area contributed by atoms with Crippen LogP contribution in [0.5, 0.6) is 0 Å². The van der Waals surface area contributed by atoms with Crippen LogP contribution in [0.3, 0.4) is 0 Å². The lowest BCUT2D eigenvalue weighted by atomic mass is 10.1. The number of hydrogen-bond acceptors (Lipinski definition) is 6. The summed E-state index contributed by atoms with van der Waals surface area (Å²) in [6.07, 6.45) is -2.96. The zero-order chi connectivity index (χ0) is 19.4. The minimum absolute atomic E-state index is 0.124. The first kappa shape index (κ1) is 18.8. The molecule has 2 heterocycles. The number of nitrogens with zero attached hydrogens (tertiary/aromatic N) is 2. The molecule has 0 fully saturated rings. The van der Waals surface area contributed by atoms with E-state index in [0.717, 1.165) is 23.1 Å². The second-order valence-corrected chi connectivity index (χ2v) is 6.41. The van der Waals surface area contributed by atoms with E-state index in [4.69, 9.17) is 9.15 Å². The van der Waals surface area contributed by atoms with Crippen molar-refractivity contribution in [2.75, 3.05) is 0 Å². The average Bonchev–Trinajstić information content (AvgIpc) is 3.30. The molecule has 0 aliphatic carbocycles. The van der Waals surface area contributed by atoms with Crippen LogP contribution in [0.1, 0.15) is 30.0 Å². The number of ether oxygens (including phenoxy) is 1. The molecule has 3 aromatic rings. The molecule has 5 nitrogen and oxygen atoms in total. The molecule has 0 radical (unpaired) electrons. The van der Waals surface area contributed by atoms with Gasteiger partial charge in [-0.2, -0.15) is 13.2 Å². The number of esters is 1. The Morgan fingerprint density at radius 2 is 2.07 bits per heavy atom. The molecule has 0 saturated heterocycles. The second kappa shape index (κ2) is 7.75. The van der Waals surface area contributed by atoms with Gasteiger partial charge in [0.1, 0.15) is 0 Å². The van der Waals surface area contributed by atoms with E-state index in [0.29, 0.717) is 5.89 Å². The molecule has 3 rings (SSSR count). The van der Waals surface area contributed by atoms with Crippen LogP contribution in [0.15, 0.2) is 52.3 Å². The molecule has 0 amide bonds. The van der Waals surface area contributed by atoms with Crippen molar-refractivity contribution in [3.8, 4) is 10.8 Å². The van der Waals surface area contributed by atoms with Crippen molar-refractivity contribution < 1.29 is 27.1 Å². The van der Waals surface area contributed by atoms with E-state index in [1.165, 1.54) is 29.5 Å². The van der Waals surface area contributed by atoms with Crippen molar-refractivity contribution in [2.24, 2.45) is 0 Å². The van der Waals surface area contributed by atoms with Gasteiger partial charge in [0, 0.05) is 6.08 Å². The molecular weight excluding hydrogens is 381 g/mol. The summed E-state index contributed by atoms with van der Waals surface area (Å²) in [7, 11) is 0. The van der Waals surface area contributed by atoms with Crippen LogP contribution in [0.4, 0.5) is 13.2 Å². The number of alkyl halides is 3. The summed E-state index contributed by atoms with van der Waals surface area (Å²) in [5.41, 5.74) is -0.564. The van der Waals surface area contributed by atoms with Gasteiger partial charge >= 0.3 is 12.1 Å². The summed E-state index contributed by atoms with van der Waals surface area (Å²) in [6.45, 7) is 1.56. The van der Waals surface area contributed by atoms with Gasteiger partial charge in [0.25, 0.3) is 11.8 Å². The predicted octanol–water partition coefficient (Wildman–Crippen LogP) is 5.13. The largest absolute Gasteiger partial charge is 0.449 e. The lowest BCUT2D eigenvalue weighted by molar-refractivity contribution is -0.143. The minimum Gasteiger partial charge on any atom is -0.449 e. The molecule has 0 spiro atoms. The summed E-state index contributed by atoms with van der Waals surface area (Å²) in [5, 5.41) is 9.60. The van der Waals surface area contributed by atoms with Gasteiger partial charge in [0.05, 0.1) is 10.4 Å². The molecule has 0 bridgehead atoms. The summed E-state index contributed by atoms with van der Waals surface area (Å²) in [6, 6.07) is 8.27. The van der Waals surface area contributed by atoms with Crippen molar-refractivity contribution in [2.45, 2.75) is 19.2 Å². The predicted molar refractivity (Wildman–Crippen MR) is 92.6 cm³/mol. The highest BCUT2D eigenvalue weighted by molar-refractivity contribution is 7.13. The van der Waals surface area contributed by atoms with Crippen LogP contribution in [0, 0.1) is 0 Å². The maximum absolute atomic E-state index is 12.7. The molecule has 1 atom stereocenters. The standard InChI is InChI=1S/C18H13F3N2O3S/c1-11(16-22-23-17(26-16)14-6-3-9-27-14)25-15(24)8-7-12-4-2-5-13(10-12)18(19,20)21/h2-11H,1H3/b8-7+. The van der Waals surface area contributed by atoms with Crippen LogP contribution in [0.2, 0.25) is 0 Å². The SMILES string of the molecule is CC(OC(=O)/C=C/c1cccc(C(F)(F)F)c1)c1nnc(-c2cccs2)o1. The maximum atomic E-state index is 12.7. The van der Waals surface area contributed by atoms with Gasteiger partial charge in [-0.05, 0) is 42.1 Å². The van der Waals surface area contributed by atoms with Crippen molar-refractivity contribution in [1.29, 1.82) is 0 Å². The van der Waals surface area contributed by atoms with E-state index in [9.17, 15) is 18.0 Å². The molecule has 0 aliphatic heterocycles. The molecular formula is C18H13F3N2O3S. The van der Waals surface area contributed by atoms with Crippen molar-refractivity contribution in [3.05, 3.63) is 64.9 Å². The lowest BCUT2D eigenvalue weighted by Crippen LogP contribution is -2.06. The maximum Gasteiger partial charge on any atom is 0.416 e. The minimum atomic E-state index is -4.45. The van der Waals surface area contributed by atoms with E-state index >= 15 is 0 Å². The van der Waals surface area contributed by atoms with Gasteiger partial charge in [0.15, 0.2) is 6.10 Å². The Bertz CT molecular complexity index is 949. The molecule has 1 aromatic carbocycles. The zero-order valence-corrected chi connectivity index (χ0v) is 14.8. The molecule has 140 valence electrons. The van der Waals surface area contributed by atoms with Crippen LogP contribution in [-0.2, 0) is 15.7 Å². The topological polar surface area (TPSA) is 65.2 Å². The number of benzene rings is 1. The van der Waals surface area contributed by atoms with E-state index in [2.05, 4.69) is 10.2 Å². The van der Waals surface area contributed by atoms with Gasteiger partial charge in [0.2, 0.25) is 0 Å². The first-order valence-electron chi connectivity index (χ1n) is 7.76. The highest BCUT2D eigenvalue weighted by Gasteiger charge is 2.30. The van der Waals surface area contributed by atoms with Crippen LogP contribution < -0.4 is 0 Å². The molecule has 1 unspecified atom stereocenters. The number of aromatic nitrogens is 2. The Balaban J connectivity index is 1.63. The van der Waals surface area contributed by atoms with Gasteiger partial charge in [-0.1, -0.05) is 18.2 Å². The normalized spacial score (nSPS) is 13.0. The Hall–Kier alpha value is -2.94. The molecule has 0 aliphatic rings. The number of hydrogen-bond donors (Lipinski definition) is 0. The first-order chi connectivity index (χ1) is 12.8. The second-order valence-electron chi connectivity index (χ2n) is 5.46. The highest BCUT2D eigenvalue weighted by Crippen LogP contribution is 2.30. The van der Waals surface area contributed by atoms with E-state index in [1.807, 2.05) is 17.5 Å². The quantitative estimate of drug-likeness (QED) is 0.443. The molecule has 2 aromatic heterocycles. The number of halogens is 3. The molecule has 27 heavy (non-hydrogen) atoms. The third-order valence-corrected chi connectivity index (χ3v) is 4.30. The van der Waals surface area contributed by atoms with Gasteiger partial charge in [-0.3, -0.25) is 0 Å². The van der Waals surface area contributed by atoms with E-state index in [1.54, 1.807) is 6.92 Å². The Kier molecular flexibility index (Phi) is 5.41. The van der Waals surface area contributed by atoms with Crippen LogP contribution in [-0.4, -0.2) is 16.2 Å². The average molecular weight is 394 g/mol. The third kappa shape index (κ3) is 4.82. The highest BCUT2D eigenvalue weighted by atomic mass is 32.1. The third-order valence-electron chi connectivity index (χ3n) is 3.44. The smallest absolute Gasteiger partial charge is 0.416 e. The lowest BCUT2D eigenvalue weighted by Gasteiger charge is -2.07. The number of carbonyl (C=O) groups is 1. The Labute approximate surface area is 156 Å². The summed E-state index contributed by atoms with van der Waals surface area (Å²) in [5.74, 6) is -0.294. The van der Waals surface area contributed by atoms with Crippen molar-refractivity contribution in [3.63, 3.8) is 0 Å². The summed E-state index contributed by atoms with van der Waals surface area (Å²) < 4.78 is 48.7. The van der Waals surface area contributed by atoms with Crippen LogP contribution >= 0.6 is 11.3 Å². The zero-order valence-electron chi connectivity index (χ0n) is 13.9. The molecule has 0 saturated carbocycles. The molecule has 9 heteroatoms. The van der Waals surface area contributed by atoms with Gasteiger partial charge < -0.3 is 9.15 Å². The number of thiophene rings is 1. The van der Waals surface area contributed by atoms with Crippen LogP contribution in [0.25, 0.3) is 16.8 Å². The fourth-order valence-corrected chi connectivity index (χ4v) is 2.79. The van der Waals surface area contributed by atoms with Gasteiger partial charge in [-0.25, -0.2) is 4.79 Å². The number of rotatable bonds is 5. The number of carbonyl (C=O) groups excluding carboxylic acids is 1. The summed E-state index contributed by atoms with van der Waals surface area (Å²) >= 11 is 1.43. The van der Waals surface area contributed by atoms with Crippen molar-refractivity contribution in [1.82, 2.24) is 10.2 Å². The fourth-order valence-electron chi connectivity index (χ4n) is 2.15.